The van der Waals surface area contributed by atoms with E-state index in [9.17, 15) is 4.79 Å². The van der Waals surface area contributed by atoms with E-state index in [0.29, 0.717) is 17.3 Å². The number of aryl methyl sites for hydroxylation is 1. The summed E-state index contributed by atoms with van der Waals surface area (Å²) in [5.41, 5.74) is 2.17. The molecular formula is C16H16N4O3. The lowest BCUT2D eigenvalue weighted by atomic mass is 10.2. The molecule has 0 amide bonds. The first-order valence-electron chi connectivity index (χ1n) is 7.09. The van der Waals surface area contributed by atoms with E-state index in [4.69, 9.17) is 9.26 Å². The third-order valence-electron chi connectivity index (χ3n) is 3.64. The van der Waals surface area contributed by atoms with Crippen molar-refractivity contribution in [2.45, 2.75) is 20.4 Å². The molecule has 0 saturated heterocycles. The Bertz CT molecular complexity index is 881. The molecule has 118 valence electrons. The quantitative estimate of drug-likeness (QED) is 0.732. The number of rotatable bonds is 4. The van der Waals surface area contributed by atoms with E-state index >= 15 is 0 Å². The molecule has 0 aliphatic carbocycles. The van der Waals surface area contributed by atoms with Crippen molar-refractivity contribution >= 4 is 0 Å². The lowest BCUT2D eigenvalue weighted by molar-refractivity contribution is 0.363. The topological polar surface area (TPSA) is 83.0 Å². The molecule has 0 spiro atoms. The molecule has 0 atom stereocenters. The number of nitrogens with zero attached hydrogens (tertiary/aromatic N) is 4. The van der Waals surface area contributed by atoms with Gasteiger partial charge in [0.15, 0.2) is 0 Å². The molecular weight excluding hydrogens is 296 g/mol. The van der Waals surface area contributed by atoms with Crippen LogP contribution >= 0.6 is 0 Å². The van der Waals surface area contributed by atoms with E-state index in [1.165, 1.54) is 4.68 Å². The SMILES string of the molecule is COc1ccc(-c2noc(Cn3ncc(C)c(C)c3=O)n2)cc1. The van der Waals surface area contributed by atoms with Crippen LogP contribution in [-0.2, 0) is 6.54 Å². The van der Waals surface area contributed by atoms with Crippen LogP contribution in [0.25, 0.3) is 11.4 Å². The molecule has 0 bridgehead atoms. The minimum atomic E-state index is -0.158. The fraction of sp³-hybridized carbons (Fsp3) is 0.250. The normalized spacial score (nSPS) is 10.7. The number of hydrogen-bond acceptors (Lipinski definition) is 6. The van der Waals surface area contributed by atoms with Crippen LogP contribution in [0, 0.1) is 13.8 Å². The molecule has 0 fully saturated rings. The summed E-state index contributed by atoms with van der Waals surface area (Å²) in [5, 5.41) is 8.04. The molecule has 7 nitrogen and oxygen atoms in total. The van der Waals surface area contributed by atoms with Gasteiger partial charge in [-0.3, -0.25) is 4.79 Å². The van der Waals surface area contributed by atoms with Crippen LogP contribution in [0.2, 0.25) is 0 Å². The van der Waals surface area contributed by atoms with Gasteiger partial charge in [-0.1, -0.05) is 5.16 Å². The van der Waals surface area contributed by atoms with Gasteiger partial charge in [-0.15, -0.1) is 0 Å². The van der Waals surface area contributed by atoms with Crippen molar-refractivity contribution in [2.75, 3.05) is 7.11 Å². The second kappa shape index (κ2) is 6.04. The largest absolute Gasteiger partial charge is 0.497 e. The van der Waals surface area contributed by atoms with Gasteiger partial charge in [-0.2, -0.15) is 10.1 Å². The first-order chi connectivity index (χ1) is 11.1. The Labute approximate surface area is 132 Å². The standard InChI is InChI=1S/C16H16N4O3/c1-10-8-17-20(16(21)11(10)2)9-14-18-15(19-23-14)12-4-6-13(22-3)7-5-12/h4-8H,9H2,1-3H3. The summed E-state index contributed by atoms with van der Waals surface area (Å²) in [7, 11) is 1.61. The molecule has 2 heterocycles. The van der Waals surface area contributed by atoms with E-state index < -0.39 is 0 Å². The maximum absolute atomic E-state index is 12.1. The van der Waals surface area contributed by atoms with Crippen LogP contribution in [0.1, 0.15) is 17.0 Å². The summed E-state index contributed by atoms with van der Waals surface area (Å²) in [6, 6.07) is 7.32. The molecule has 3 aromatic rings. The lowest BCUT2D eigenvalue weighted by Gasteiger charge is -2.03. The third kappa shape index (κ3) is 2.98. The highest BCUT2D eigenvalue weighted by Crippen LogP contribution is 2.19. The van der Waals surface area contributed by atoms with Gasteiger partial charge >= 0.3 is 0 Å². The fourth-order valence-electron chi connectivity index (χ4n) is 2.08. The van der Waals surface area contributed by atoms with E-state index in [1.807, 2.05) is 31.2 Å². The van der Waals surface area contributed by atoms with Gasteiger partial charge in [0.25, 0.3) is 5.56 Å². The van der Waals surface area contributed by atoms with Crippen LogP contribution in [0.5, 0.6) is 5.75 Å². The Kier molecular flexibility index (Phi) is 3.92. The van der Waals surface area contributed by atoms with Crippen molar-refractivity contribution in [2.24, 2.45) is 0 Å². The molecule has 3 rings (SSSR count). The highest BCUT2D eigenvalue weighted by Gasteiger charge is 2.12. The molecule has 0 saturated carbocycles. The third-order valence-corrected chi connectivity index (χ3v) is 3.64. The Morgan fingerprint density at radius 1 is 1.22 bits per heavy atom. The molecule has 1 aromatic carbocycles. The first-order valence-corrected chi connectivity index (χ1v) is 7.09. The zero-order valence-electron chi connectivity index (χ0n) is 13.1. The number of aromatic nitrogens is 4. The molecule has 0 aliphatic heterocycles. The van der Waals surface area contributed by atoms with Crippen molar-refractivity contribution in [3.63, 3.8) is 0 Å². The zero-order valence-corrected chi connectivity index (χ0v) is 13.1. The lowest BCUT2D eigenvalue weighted by Crippen LogP contribution is -2.26. The molecule has 0 aliphatic rings. The predicted octanol–water partition coefficient (Wildman–Crippen LogP) is 1.97. The number of methoxy groups -OCH3 is 1. The first kappa shape index (κ1) is 15.0. The second-order valence-electron chi connectivity index (χ2n) is 5.16. The highest BCUT2D eigenvalue weighted by atomic mass is 16.5. The van der Waals surface area contributed by atoms with Gasteiger partial charge in [0.2, 0.25) is 11.7 Å². The van der Waals surface area contributed by atoms with Crippen molar-refractivity contribution < 1.29 is 9.26 Å². The number of benzene rings is 1. The van der Waals surface area contributed by atoms with E-state index in [0.717, 1.165) is 16.9 Å². The fourth-order valence-corrected chi connectivity index (χ4v) is 2.08. The van der Waals surface area contributed by atoms with E-state index in [1.54, 1.807) is 20.2 Å². The smallest absolute Gasteiger partial charge is 0.270 e. The van der Waals surface area contributed by atoms with Crippen molar-refractivity contribution in [3.05, 3.63) is 57.8 Å². The highest BCUT2D eigenvalue weighted by molar-refractivity contribution is 5.55. The summed E-state index contributed by atoms with van der Waals surface area (Å²) in [4.78, 5) is 16.4. The second-order valence-corrected chi connectivity index (χ2v) is 5.16. The molecule has 23 heavy (non-hydrogen) atoms. The molecule has 0 N–H and O–H groups in total. The Morgan fingerprint density at radius 2 is 1.96 bits per heavy atom. The summed E-state index contributed by atoms with van der Waals surface area (Å²) < 4.78 is 11.6. The van der Waals surface area contributed by atoms with Crippen LogP contribution < -0.4 is 10.3 Å². The monoisotopic (exact) mass is 312 g/mol. The van der Waals surface area contributed by atoms with Crippen molar-refractivity contribution in [3.8, 4) is 17.1 Å². The van der Waals surface area contributed by atoms with Crippen LogP contribution in [0.3, 0.4) is 0 Å². The van der Waals surface area contributed by atoms with Gasteiger partial charge in [0.05, 0.1) is 13.3 Å². The van der Waals surface area contributed by atoms with Gasteiger partial charge < -0.3 is 9.26 Å². The summed E-state index contributed by atoms with van der Waals surface area (Å²) in [6.07, 6.45) is 1.65. The summed E-state index contributed by atoms with van der Waals surface area (Å²) in [6.45, 7) is 3.76. The predicted molar refractivity (Wildman–Crippen MR) is 83.4 cm³/mol. The molecule has 0 radical (unpaired) electrons. The molecule has 7 heteroatoms. The van der Waals surface area contributed by atoms with Crippen molar-refractivity contribution in [1.29, 1.82) is 0 Å². The van der Waals surface area contributed by atoms with Crippen LogP contribution in [0.15, 0.2) is 39.8 Å². The Morgan fingerprint density at radius 3 is 2.65 bits per heavy atom. The van der Waals surface area contributed by atoms with E-state index in [-0.39, 0.29) is 12.1 Å². The van der Waals surface area contributed by atoms with Gasteiger partial charge in [0.1, 0.15) is 12.3 Å². The average molecular weight is 312 g/mol. The Hall–Kier alpha value is -2.96. The Balaban J connectivity index is 1.85. The maximum Gasteiger partial charge on any atom is 0.270 e. The summed E-state index contributed by atoms with van der Waals surface area (Å²) >= 11 is 0. The minimum absolute atomic E-state index is 0.142. The van der Waals surface area contributed by atoms with Gasteiger partial charge in [-0.05, 0) is 43.7 Å². The van der Waals surface area contributed by atoms with Gasteiger partial charge in [0, 0.05) is 11.1 Å². The molecule has 0 unspecified atom stereocenters. The van der Waals surface area contributed by atoms with Gasteiger partial charge in [-0.25, -0.2) is 4.68 Å². The van der Waals surface area contributed by atoms with Crippen LogP contribution in [-0.4, -0.2) is 27.0 Å². The number of hydrogen-bond donors (Lipinski definition) is 0. The maximum atomic E-state index is 12.1. The van der Waals surface area contributed by atoms with Crippen LogP contribution in [0.4, 0.5) is 0 Å². The van der Waals surface area contributed by atoms with Crippen molar-refractivity contribution in [1.82, 2.24) is 19.9 Å². The summed E-state index contributed by atoms with van der Waals surface area (Å²) in [5.74, 6) is 1.54. The molecule has 2 aromatic heterocycles. The minimum Gasteiger partial charge on any atom is -0.497 e. The zero-order chi connectivity index (χ0) is 16.4. The average Bonchev–Trinajstić information content (AvgIpc) is 3.04. The van der Waals surface area contributed by atoms with E-state index in [2.05, 4.69) is 15.2 Å². The number of ether oxygens (including phenoxy) is 1.